The number of ether oxygens (including phenoxy) is 2. The van der Waals surface area contributed by atoms with Gasteiger partial charge >= 0.3 is 6.36 Å². The Bertz CT molecular complexity index is 1630. The van der Waals surface area contributed by atoms with Gasteiger partial charge in [-0.2, -0.15) is 5.10 Å². The number of pyridine rings is 1. The number of hydrogen-bond acceptors (Lipinski definition) is 6. The molecule has 0 saturated carbocycles. The first kappa shape index (κ1) is 22.5. The van der Waals surface area contributed by atoms with Gasteiger partial charge in [0, 0.05) is 29.8 Å². The van der Waals surface area contributed by atoms with Crippen molar-refractivity contribution in [2.45, 2.75) is 19.3 Å². The number of carbonyl (C=O) groups excluding carboxylic acids is 2. The number of aromatic nitrogens is 3. The molecule has 0 radical (unpaired) electrons. The van der Waals surface area contributed by atoms with Gasteiger partial charge in [0.05, 0.1) is 22.7 Å². The number of halogens is 4. The molecule has 1 atom stereocenters. The van der Waals surface area contributed by atoms with Gasteiger partial charge in [-0.25, -0.2) is 9.37 Å². The van der Waals surface area contributed by atoms with E-state index in [1.54, 1.807) is 18.2 Å². The summed E-state index contributed by atoms with van der Waals surface area (Å²) < 4.78 is 83.3. The molecule has 38 heavy (non-hydrogen) atoms. The first-order valence-corrected chi connectivity index (χ1v) is 10.9. The summed E-state index contributed by atoms with van der Waals surface area (Å²) in [6.45, 7) is 1.31. The number of aromatic amines is 1. The summed E-state index contributed by atoms with van der Waals surface area (Å²) in [7, 11) is -1.52. The van der Waals surface area contributed by atoms with Crippen molar-refractivity contribution in [3.8, 4) is 22.8 Å². The number of fused-ring (bicyclic) bond motifs is 1. The van der Waals surface area contributed by atoms with Gasteiger partial charge in [0.1, 0.15) is 17.1 Å². The third-order valence-corrected chi connectivity index (χ3v) is 5.55. The summed E-state index contributed by atoms with van der Waals surface area (Å²) in [5, 5.41) is 12.2. The van der Waals surface area contributed by atoms with Crippen molar-refractivity contribution in [3.05, 3.63) is 71.3 Å². The second-order valence-corrected chi connectivity index (χ2v) is 8.02. The second-order valence-electron chi connectivity index (χ2n) is 8.02. The van der Waals surface area contributed by atoms with Crippen molar-refractivity contribution >= 4 is 22.7 Å². The number of alkyl halides is 3. The van der Waals surface area contributed by atoms with Crippen LogP contribution in [-0.2, 0) is 0 Å². The number of nitrogens with one attached hydrogen (secondary N) is 3. The average molecular weight is 534 g/mol. The second kappa shape index (κ2) is 10.4. The van der Waals surface area contributed by atoms with Crippen LogP contribution in [0.2, 0.25) is 0 Å². The quantitative estimate of drug-likeness (QED) is 0.300. The molecule has 0 aliphatic rings. The summed E-state index contributed by atoms with van der Waals surface area (Å²) >= 11 is 0. The Labute approximate surface area is 217 Å². The molecule has 0 saturated heterocycles. The van der Waals surface area contributed by atoms with Crippen LogP contribution in [0.4, 0.5) is 17.6 Å². The monoisotopic (exact) mass is 534 g/mol. The smallest absolute Gasteiger partial charge is 0.480 e. The van der Waals surface area contributed by atoms with E-state index in [-0.39, 0.29) is 16.8 Å². The first-order valence-electron chi connectivity index (χ1n) is 12.4. The van der Waals surface area contributed by atoms with Crippen molar-refractivity contribution in [1.82, 2.24) is 25.8 Å². The highest BCUT2D eigenvalue weighted by Crippen LogP contribution is 2.30. The number of amides is 2. The zero-order valence-electron chi connectivity index (χ0n) is 22.7. The maximum atomic E-state index is 14.5. The predicted molar refractivity (Wildman–Crippen MR) is 128 cm³/mol. The molecule has 4 aromatic rings. The fraction of sp³-hybridized carbons (Fsp3) is 0.200. The molecule has 9 nitrogen and oxygen atoms in total. The molecule has 0 aliphatic carbocycles. The minimum absolute atomic E-state index is 0.166. The molecule has 0 unspecified atom stereocenters. The SMILES string of the molecule is [2H]C([2H])([2H])Oc1ncc(-c2ccc3c(C(=O)NC)n[nH]c3c2)cc1C(=O)N[C@H](C)c1cc(OC(F)(F)F)ccc1F. The molecule has 0 aliphatic heterocycles. The van der Waals surface area contributed by atoms with E-state index in [2.05, 4.69) is 30.6 Å². The van der Waals surface area contributed by atoms with Gasteiger partial charge in [-0.3, -0.25) is 14.7 Å². The van der Waals surface area contributed by atoms with Gasteiger partial charge < -0.3 is 20.1 Å². The van der Waals surface area contributed by atoms with Crippen LogP contribution in [0.5, 0.6) is 11.6 Å². The average Bonchev–Trinajstić information content (AvgIpc) is 3.31. The largest absolute Gasteiger partial charge is 0.573 e. The normalized spacial score (nSPS) is 13.7. The molecule has 2 aromatic heterocycles. The third kappa shape index (κ3) is 5.51. The topological polar surface area (TPSA) is 118 Å². The van der Waals surface area contributed by atoms with E-state index in [1.165, 1.54) is 26.2 Å². The van der Waals surface area contributed by atoms with E-state index in [0.29, 0.717) is 22.0 Å². The molecular weight excluding hydrogens is 510 g/mol. The van der Waals surface area contributed by atoms with E-state index in [0.717, 1.165) is 18.2 Å². The number of hydrogen-bond donors (Lipinski definition) is 3. The van der Waals surface area contributed by atoms with E-state index in [9.17, 15) is 27.2 Å². The Morgan fingerprint density at radius 2 is 1.89 bits per heavy atom. The molecule has 2 amide bonds. The van der Waals surface area contributed by atoms with E-state index >= 15 is 0 Å². The number of benzene rings is 2. The maximum Gasteiger partial charge on any atom is 0.573 e. The molecule has 4 rings (SSSR count). The van der Waals surface area contributed by atoms with Crippen LogP contribution < -0.4 is 20.1 Å². The van der Waals surface area contributed by atoms with Crippen LogP contribution in [-0.4, -0.2) is 47.4 Å². The first-order chi connectivity index (χ1) is 19.1. The minimum atomic E-state index is -5.02. The van der Waals surface area contributed by atoms with Gasteiger partial charge in [0.25, 0.3) is 11.8 Å². The number of rotatable bonds is 7. The van der Waals surface area contributed by atoms with Gasteiger partial charge in [0.15, 0.2) is 5.69 Å². The van der Waals surface area contributed by atoms with Gasteiger partial charge in [-0.15, -0.1) is 13.2 Å². The molecule has 0 fully saturated rings. The number of methoxy groups -OCH3 is 1. The number of nitrogens with zero attached hydrogens (tertiary/aromatic N) is 2. The standard InChI is InChI=1S/C25H21F4N5O4/c1-12(17-10-15(5-7-19(17)26)38-25(27,28)29)32-22(35)18-8-14(11-31-24(18)37-3)13-4-6-16-20(9-13)33-34-21(16)23(36)30-2/h4-12H,1-3H3,(H,30,36)(H,32,35)(H,33,34)/t12-/m1/s1/i3D3. The van der Waals surface area contributed by atoms with Crippen LogP contribution in [0, 0.1) is 5.82 Å². The highest BCUT2D eigenvalue weighted by molar-refractivity contribution is 6.05. The van der Waals surface area contributed by atoms with Crippen LogP contribution >= 0.6 is 0 Å². The van der Waals surface area contributed by atoms with Crippen LogP contribution in [0.15, 0.2) is 48.7 Å². The summed E-state index contributed by atoms with van der Waals surface area (Å²) in [5.74, 6) is -3.52. The van der Waals surface area contributed by atoms with Crippen molar-refractivity contribution < 1.29 is 40.7 Å². The fourth-order valence-corrected chi connectivity index (χ4v) is 3.75. The maximum absolute atomic E-state index is 14.5. The highest BCUT2D eigenvalue weighted by Gasteiger charge is 2.31. The third-order valence-electron chi connectivity index (χ3n) is 5.55. The van der Waals surface area contributed by atoms with E-state index in [1.807, 2.05) is 0 Å². The predicted octanol–water partition coefficient (Wildman–Crippen LogP) is 4.52. The van der Waals surface area contributed by atoms with Gasteiger partial charge in [-0.1, -0.05) is 6.07 Å². The van der Waals surface area contributed by atoms with E-state index < -0.39 is 48.7 Å². The summed E-state index contributed by atoms with van der Waals surface area (Å²) in [6.07, 6.45) is -3.76. The molecule has 2 aromatic carbocycles. The molecule has 0 bridgehead atoms. The van der Waals surface area contributed by atoms with Crippen molar-refractivity contribution in [2.75, 3.05) is 14.1 Å². The lowest BCUT2D eigenvalue weighted by Crippen LogP contribution is -2.28. The van der Waals surface area contributed by atoms with E-state index in [4.69, 9.17) is 8.85 Å². The molecular formula is C25H21F4N5O4. The number of H-pyrrole nitrogens is 1. The summed E-state index contributed by atoms with van der Waals surface area (Å²) in [5.41, 5.74) is 0.830. The van der Waals surface area contributed by atoms with Gasteiger partial charge in [-0.05, 0) is 48.9 Å². The summed E-state index contributed by atoms with van der Waals surface area (Å²) in [4.78, 5) is 29.3. The van der Waals surface area contributed by atoms with Crippen molar-refractivity contribution in [3.63, 3.8) is 0 Å². The molecule has 13 heteroatoms. The van der Waals surface area contributed by atoms with Crippen molar-refractivity contribution in [2.24, 2.45) is 0 Å². The van der Waals surface area contributed by atoms with Crippen LogP contribution in [0.1, 0.15) is 43.5 Å². The fourth-order valence-electron chi connectivity index (χ4n) is 3.75. The molecule has 0 spiro atoms. The Morgan fingerprint density at radius 3 is 2.61 bits per heavy atom. The Hall–Kier alpha value is -4.68. The zero-order valence-corrected chi connectivity index (χ0v) is 19.7. The highest BCUT2D eigenvalue weighted by atomic mass is 19.4. The lowest BCUT2D eigenvalue weighted by Gasteiger charge is -2.18. The Kier molecular flexibility index (Phi) is 6.14. The number of carbonyl (C=O) groups is 2. The zero-order chi connectivity index (χ0) is 30.1. The Morgan fingerprint density at radius 1 is 1.11 bits per heavy atom. The minimum Gasteiger partial charge on any atom is -0.480 e. The summed E-state index contributed by atoms with van der Waals surface area (Å²) in [6, 6.07) is 7.29. The molecule has 198 valence electrons. The lowest BCUT2D eigenvalue weighted by molar-refractivity contribution is -0.274. The van der Waals surface area contributed by atoms with Crippen LogP contribution in [0.25, 0.3) is 22.0 Å². The van der Waals surface area contributed by atoms with Gasteiger partial charge in [0.2, 0.25) is 5.88 Å². The van der Waals surface area contributed by atoms with Crippen LogP contribution in [0.3, 0.4) is 0 Å². The van der Waals surface area contributed by atoms with Crippen molar-refractivity contribution in [1.29, 1.82) is 0 Å². The molecule has 3 N–H and O–H groups in total. The Balaban J connectivity index is 1.68. The molecule has 2 heterocycles. The lowest BCUT2D eigenvalue weighted by atomic mass is 10.0.